The lowest BCUT2D eigenvalue weighted by atomic mass is 9.44. The predicted molar refractivity (Wildman–Crippen MR) is 173 cm³/mol. The van der Waals surface area contributed by atoms with Crippen LogP contribution >= 0.6 is 0 Å². The number of fused-ring (bicyclic) bond motifs is 5. The summed E-state index contributed by atoms with van der Waals surface area (Å²) in [5.74, 6) is -2.34. The van der Waals surface area contributed by atoms with Crippen molar-refractivity contribution >= 4 is 29.3 Å². The van der Waals surface area contributed by atoms with Gasteiger partial charge in [0.2, 0.25) is 11.7 Å². The van der Waals surface area contributed by atoms with Crippen LogP contribution in [0.5, 0.6) is 0 Å². The van der Waals surface area contributed by atoms with Crippen molar-refractivity contribution in [2.75, 3.05) is 18.5 Å². The molecule has 4 saturated carbocycles. The number of allylic oxidation sites excluding steroid dienone is 4. The molecule has 1 aromatic rings. The number of hydrogen-bond acceptors (Lipinski definition) is 7. The molecule has 47 heavy (non-hydrogen) atoms. The third-order valence-corrected chi connectivity index (χ3v) is 12.8. The summed E-state index contributed by atoms with van der Waals surface area (Å²) in [5, 5.41) is 29.3. The van der Waals surface area contributed by atoms with Gasteiger partial charge in [-0.3, -0.25) is 14.4 Å². The molecule has 1 aromatic carbocycles. The second kappa shape index (κ2) is 12.3. The highest BCUT2D eigenvalue weighted by molar-refractivity contribution is 6.01. The number of halogens is 1. The molecule has 0 saturated heterocycles. The van der Waals surface area contributed by atoms with E-state index in [1.165, 1.54) is 12.2 Å². The topological polar surface area (TPSA) is 142 Å². The van der Waals surface area contributed by atoms with Crippen LogP contribution in [-0.4, -0.2) is 64.3 Å². The summed E-state index contributed by atoms with van der Waals surface area (Å²) in [4.78, 5) is 51.1. The van der Waals surface area contributed by atoms with Gasteiger partial charge in [-0.2, -0.15) is 0 Å². The molecular formula is C37H47FN2O7. The molecular weight excluding hydrogens is 603 g/mol. The van der Waals surface area contributed by atoms with E-state index < -0.39 is 64.4 Å². The van der Waals surface area contributed by atoms with Gasteiger partial charge in [0.25, 0.3) is 0 Å². The van der Waals surface area contributed by atoms with Crippen molar-refractivity contribution in [1.29, 1.82) is 0 Å². The standard InChI is InChI=1S/C37H47FN2O7/c1-22-17-29-28-14-13-25-18-27(41)15-16-34(25,2)36(28,38)30(42)19-35(29,3)37(22,46)31(43)21-47-33(45)39-20-23-9-11-24(12-10-23)32(44)40-26-7-5-4-6-8-26/h4-8,15-16,18,22-24,28-30,42,46H,9-14,17,19-21H2,1-3H3,(H,39,45)(H,40,44)/t22-,23-,24-,28+,29+,30+,34+,35+,36+,37+/m1/s1. The van der Waals surface area contributed by atoms with Crippen LogP contribution in [0.1, 0.15) is 72.1 Å². The molecule has 9 nitrogen and oxygen atoms in total. The zero-order valence-electron chi connectivity index (χ0n) is 27.5. The SMILES string of the molecule is C[C@@H]1C[C@H]2[C@@H]3CCC4=CC(=O)C=C[C@]4(C)[C@@]3(F)[C@@H](O)C[C@]2(C)[C@@]1(O)C(=O)COC(=O)NC[C@H]1CC[C@H](C(=O)Nc2ccccc2)CC1. The molecule has 10 heteroatoms. The maximum absolute atomic E-state index is 17.4. The molecule has 6 rings (SSSR count). The number of carbonyl (C=O) groups excluding carboxylic acids is 4. The molecule has 0 aliphatic heterocycles. The zero-order valence-corrected chi connectivity index (χ0v) is 27.5. The smallest absolute Gasteiger partial charge is 0.407 e. The number of ketones is 2. The lowest BCUT2D eigenvalue weighted by molar-refractivity contribution is -0.219. The Hall–Kier alpha value is -3.37. The number of ether oxygens (including phenoxy) is 1. The Morgan fingerprint density at radius 2 is 1.74 bits per heavy atom. The molecule has 0 heterocycles. The van der Waals surface area contributed by atoms with E-state index in [1.807, 2.05) is 30.3 Å². The summed E-state index contributed by atoms with van der Waals surface area (Å²) in [7, 11) is 0. The van der Waals surface area contributed by atoms with Crippen molar-refractivity contribution in [2.45, 2.75) is 89.5 Å². The molecule has 0 bridgehead atoms. The molecule has 0 aromatic heterocycles. The van der Waals surface area contributed by atoms with Crippen molar-refractivity contribution in [3.05, 3.63) is 54.1 Å². The van der Waals surface area contributed by atoms with Crippen molar-refractivity contribution in [1.82, 2.24) is 5.32 Å². The van der Waals surface area contributed by atoms with Gasteiger partial charge in [-0.1, -0.05) is 43.7 Å². The summed E-state index contributed by atoms with van der Waals surface area (Å²) < 4.78 is 22.7. The Morgan fingerprint density at radius 1 is 1.04 bits per heavy atom. The average Bonchev–Trinajstić information content (AvgIpc) is 3.25. The lowest BCUT2D eigenvalue weighted by Crippen LogP contribution is -2.69. The van der Waals surface area contributed by atoms with Gasteiger partial charge in [0, 0.05) is 34.9 Å². The van der Waals surface area contributed by atoms with Crippen LogP contribution in [0.3, 0.4) is 0 Å². The number of alkyl carbamates (subject to hydrolysis) is 1. The fourth-order valence-electron chi connectivity index (χ4n) is 10.1. The molecule has 5 aliphatic carbocycles. The summed E-state index contributed by atoms with van der Waals surface area (Å²) in [6.45, 7) is 4.96. The molecule has 0 unspecified atom stereocenters. The van der Waals surface area contributed by atoms with E-state index in [9.17, 15) is 29.4 Å². The number of alkyl halides is 1. The normalized spacial score (nSPS) is 40.7. The van der Waals surface area contributed by atoms with Gasteiger partial charge < -0.3 is 25.6 Å². The molecule has 0 spiro atoms. The highest BCUT2D eigenvalue weighted by Crippen LogP contribution is 2.70. The number of aliphatic hydroxyl groups is 2. The number of nitrogens with one attached hydrogen (secondary N) is 2. The summed E-state index contributed by atoms with van der Waals surface area (Å²) in [6.07, 6.45) is 6.28. The van der Waals surface area contributed by atoms with Gasteiger partial charge in [0.05, 0.1) is 6.10 Å². The summed E-state index contributed by atoms with van der Waals surface area (Å²) in [6, 6.07) is 9.34. The number of benzene rings is 1. The van der Waals surface area contributed by atoms with E-state index in [-0.39, 0.29) is 29.9 Å². The number of para-hydroxylation sites is 1. The minimum atomic E-state index is -2.06. The van der Waals surface area contributed by atoms with E-state index in [4.69, 9.17) is 4.74 Å². The Bertz CT molecular complexity index is 1490. The van der Waals surface area contributed by atoms with Crippen LogP contribution in [0.15, 0.2) is 54.1 Å². The number of amides is 2. The molecule has 254 valence electrons. The van der Waals surface area contributed by atoms with Crippen molar-refractivity contribution in [3.63, 3.8) is 0 Å². The van der Waals surface area contributed by atoms with E-state index in [0.717, 1.165) is 18.5 Å². The second-order valence-electron chi connectivity index (χ2n) is 15.1. The molecule has 8 atom stereocenters. The summed E-state index contributed by atoms with van der Waals surface area (Å²) in [5.41, 5.74) is -4.84. The van der Waals surface area contributed by atoms with Crippen LogP contribution < -0.4 is 10.6 Å². The van der Waals surface area contributed by atoms with Crippen LogP contribution in [0.25, 0.3) is 0 Å². The molecule has 5 aliphatic rings. The number of hydrogen-bond donors (Lipinski definition) is 4. The fraction of sp³-hybridized carbons (Fsp3) is 0.622. The Labute approximate surface area is 275 Å². The van der Waals surface area contributed by atoms with Crippen LogP contribution in [0, 0.1) is 40.4 Å². The van der Waals surface area contributed by atoms with E-state index in [0.29, 0.717) is 44.2 Å². The van der Waals surface area contributed by atoms with Crippen LogP contribution in [0.2, 0.25) is 0 Å². The minimum Gasteiger partial charge on any atom is -0.441 e. The second-order valence-corrected chi connectivity index (χ2v) is 15.1. The maximum Gasteiger partial charge on any atom is 0.407 e. The van der Waals surface area contributed by atoms with E-state index in [2.05, 4.69) is 10.6 Å². The quantitative estimate of drug-likeness (QED) is 0.323. The van der Waals surface area contributed by atoms with Gasteiger partial charge in [-0.05, 0) is 100 Å². The van der Waals surface area contributed by atoms with E-state index in [1.54, 1.807) is 26.8 Å². The van der Waals surface area contributed by atoms with Gasteiger partial charge in [0.1, 0.15) is 5.60 Å². The third kappa shape index (κ3) is 5.36. The van der Waals surface area contributed by atoms with Crippen molar-refractivity contribution in [2.24, 2.45) is 40.4 Å². The first-order chi connectivity index (χ1) is 22.2. The van der Waals surface area contributed by atoms with Crippen molar-refractivity contribution in [3.8, 4) is 0 Å². The van der Waals surface area contributed by atoms with E-state index >= 15 is 4.39 Å². The molecule has 0 radical (unpaired) electrons. The average molecular weight is 651 g/mol. The van der Waals surface area contributed by atoms with Crippen molar-refractivity contribution < 1.29 is 38.5 Å². The predicted octanol–water partition coefficient (Wildman–Crippen LogP) is 5.07. The third-order valence-electron chi connectivity index (χ3n) is 12.8. The van der Waals surface area contributed by atoms with Crippen LogP contribution in [-0.2, 0) is 19.1 Å². The minimum absolute atomic E-state index is 0.000170. The largest absolute Gasteiger partial charge is 0.441 e. The van der Waals surface area contributed by atoms with Gasteiger partial charge >= 0.3 is 6.09 Å². The fourth-order valence-corrected chi connectivity index (χ4v) is 10.1. The number of rotatable bonds is 7. The molecule has 4 N–H and O–H groups in total. The van der Waals surface area contributed by atoms with Crippen LogP contribution in [0.4, 0.5) is 14.9 Å². The Balaban J connectivity index is 1.04. The Morgan fingerprint density at radius 3 is 2.45 bits per heavy atom. The zero-order chi connectivity index (χ0) is 33.8. The Kier molecular flexibility index (Phi) is 8.75. The van der Waals surface area contributed by atoms with Gasteiger partial charge in [0.15, 0.2) is 18.1 Å². The van der Waals surface area contributed by atoms with Gasteiger partial charge in [-0.25, -0.2) is 9.18 Å². The number of Topliss-reactive ketones (excluding diaryl/α,β-unsaturated/α-hetero) is 1. The number of aliphatic hydroxyl groups excluding tert-OH is 1. The first kappa shape index (κ1) is 33.5. The maximum atomic E-state index is 17.4. The first-order valence-electron chi connectivity index (χ1n) is 17.1. The summed E-state index contributed by atoms with van der Waals surface area (Å²) >= 11 is 0. The monoisotopic (exact) mass is 650 g/mol. The number of anilines is 1. The number of carbonyl (C=O) groups is 4. The molecule has 4 fully saturated rings. The first-order valence-corrected chi connectivity index (χ1v) is 17.1. The van der Waals surface area contributed by atoms with Gasteiger partial charge in [-0.15, -0.1) is 0 Å². The highest BCUT2D eigenvalue weighted by Gasteiger charge is 2.75. The molecule has 2 amide bonds. The lowest BCUT2D eigenvalue weighted by Gasteiger charge is -2.62. The highest BCUT2D eigenvalue weighted by atomic mass is 19.1.